The average Bonchev–Trinajstić information content (AvgIpc) is 3.07. The SMILES string of the molecule is Cn1cc(-c2nc(-c3cc(C(=O)O)co3)cs2)cn1. The molecule has 3 rings (SSSR count). The van der Waals surface area contributed by atoms with E-state index in [4.69, 9.17) is 9.52 Å². The molecule has 0 spiro atoms. The summed E-state index contributed by atoms with van der Waals surface area (Å²) in [7, 11) is 1.84. The van der Waals surface area contributed by atoms with Gasteiger partial charge in [-0.2, -0.15) is 5.10 Å². The fourth-order valence-corrected chi connectivity index (χ4v) is 2.42. The highest BCUT2D eigenvalue weighted by atomic mass is 32.1. The number of hydrogen-bond donors (Lipinski definition) is 1. The topological polar surface area (TPSA) is 81.2 Å². The van der Waals surface area contributed by atoms with Gasteiger partial charge in [-0.05, 0) is 0 Å². The van der Waals surface area contributed by atoms with Gasteiger partial charge in [0.1, 0.15) is 17.0 Å². The normalized spacial score (nSPS) is 10.8. The molecule has 0 aromatic carbocycles. The van der Waals surface area contributed by atoms with Gasteiger partial charge >= 0.3 is 5.97 Å². The van der Waals surface area contributed by atoms with Crippen molar-refractivity contribution in [2.75, 3.05) is 0 Å². The first kappa shape index (κ1) is 11.7. The van der Waals surface area contributed by atoms with Crippen molar-refractivity contribution in [3.8, 4) is 22.0 Å². The van der Waals surface area contributed by atoms with Crippen molar-refractivity contribution in [3.05, 3.63) is 35.7 Å². The van der Waals surface area contributed by atoms with Crippen LogP contribution in [0.2, 0.25) is 0 Å². The van der Waals surface area contributed by atoms with Crippen LogP contribution in [0.4, 0.5) is 0 Å². The standard InChI is InChI=1S/C12H9N3O3S/c1-15-4-8(3-13-15)11-14-9(6-19-11)10-2-7(5-18-10)12(16)17/h2-6H,1H3,(H,16,17). The maximum Gasteiger partial charge on any atom is 0.338 e. The van der Waals surface area contributed by atoms with Crippen molar-refractivity contribution in [2.24, 2.45) is 7.05 Å². The summed E-state index contributed by atoms with van der Waals surface area (Å²) in [5.74, 6) is -0.568. The number of hydrogen-bond acceptors (Lipinski definition) is 5. The van der Waals surface area contributed by atoms with Gasteiger partial charge in [0.2, 0.25) is 0 Å². The number of nitrogens with zero attached hydrogens (tertiary/aromatic N) is 3. The predicted octanol–water partition coefficient (Wildman–Crippen LogP) is 2.50. The predicted molar refractivity (Wildman–Crippen MR) is 69.0 cm³/mol. The molecule has 0 aliphatic carbocycles. The Morgan fingerprint density at radius 2 is 2.37 bits per heavy atom. The second-order valence-corrected chi connectivity index (χ2v) is 4.80. The van der Waals surface area contributed by atoms with E-state index in [9.17, 15) is 4.79 Å². The Morgan fingerprint density at radius 3 is 3.00 bits per heavy atom. The van der Waals surface area contributed by atoms with Gasteiger partial charge in [0, 0.05) is 30.3 Å². The second-order valence-electron chi connectivity index (χ2n) is 3.95. The molecule has 0 saturated carbocycles. The van der Waals surface area contributed by atoms with Gasteiger partial charge in [-0.3, -0.25) is 4.68 Å². The van der Waals surface area contributed by atoms with Crippen molar-refractivity contribution < 1.29 is 14.3 Å². The fourth-order valence-electron chi connectivity index (χ4n) is 1.63. The van der Waals surface area contributed by atoms with Crippen LogP contribution < -0.4 is 0 Å². The van der Waals surface area contributed by atoms with E-state index in [1.54, 1.807) is 10.9 Å². The molecule has 19 heavy (non-hydrogen) atoms. The maximum absolute atomic E-state index is 10.8. The molecular formula is C12H9N3O3S. The van der Waals surface area contributed by atoms with E-state index in [1.807, 2.05) is 18.6 Å². The molecule has 6 nitrogen and oxygen atoms in total. The maximum atomic E-state index is 10.8. The molecule has 3 aromatic rings. The molecule has 96 valence electrons. The molecule has 0 aliphatic rings. The zero-order chi connectivity index (χ0) is 13.4. The quantitative estimate of drug-likeness (QED) is 0.794. The van der Waals surface area contributed by atoms with Crippen molar-refractivity contribution >= 4 is 17.3 Å². The van der Waals surface area contributed by atoms with Crippen LogP contribution in [0.3, 0.4) is 0 Å². The summed E-state index contributed by atoms with van der Waals surface area (Å²) in [6.07, 6.45) is 4.81. The van der Waals surface area contributed by atoms with Gasteiger partial charge in [-0.15, -0.1) is 11.3 Å². The third kappa shape index (κ3) is 2.15. The van der Waals surface area contributed by atoms with Crippen LogP contribution in [-0.4, -0.2) is 25.8 Å². The molecule has 0 aliphatic heterocycles. The Kier molecular flexibility index (Phi) is 2.68. The lowest BCUT2D eigenvalue weighted by molar-refractivity contribution is 0.0696. The molecule has 0 fully saturated rings. The second kappa shape index (κ2) is 4.36. The number of carboxylic acids is 1. The first-order chi connectivity index (χ1) is 9.13. The Hall–Kier alpha value is -2.41. The first-order valence-electron chi connectivity index (χ1n) is 5.40. The molecule has 0 saturated heterocycles. The Morgan fingerprint density at radius 1 is 1.53 bits per heavy atom. The van der Waals surface area contributed by atoms with E-state index in [0.29, 0.717) is 11.5 Å². The van der Waals surface area contributed by atoms with Gasteiger partial charge < -0.3 is 9.52 Å². The van der Waals surface area contributed by atoms with Crippen molar-refractivity contribution in [3.63, 3.8) is 0 Å². The fraction of sp³-hybridized carbons (Fsp3) is 0.0833. The number of rotatable bonds is 3. The summed E-state index contributed by atoms with van der Waals surface area (Å²) in [4.78, 5) is 15.2. The minimum Gasteiger partial charge on any atom is -0.478 e. The van der Waals surface area contributed by atoms with E-state index in [-0.39, 0.29) is 5.56 Å². The Labute approximate surface area is 111 Å². The third-order valence-electron chi connectivity index (χ3n) is 2.55. The molecule has 0 bridgehead atoms. The lowest BCUT2D eigenvalue weighted by atomic mass is 10.3. The highest BCUT2D eigenvalue weighted by Crippen LogP contribution is 2.29. The minimum absolute atomic E-state index is 0.117. The molecule has 1 N–H and O–H groups in total. The zero-order valence-corrected chi connectivity index (χ0v) is 10.7. The van der Waals surface area contributed by atoms with Crippen LogP contribution in [0.1, 0.15) is 10.4 Å². The van der Waals surface area contributed by atoms with Gasteiger partial charge in [0.15, 0.2) is 5.76 Å². The van der Waals surface area contributed by atoms with Gasteiger partial charge in [0.05, 0.1) is 11.8 Å². The van der Waals surface area contributed by atoms with Gasteiger partial charge in [-0.25, -0.2) is 9.78 Å². The highest BCUT2D eigenvalue weighted by molar-refractivity contribution is 7.13. The largest absolute Gasteiger partial charge is 0.478 e. The van der Waals surface area contributed by atoms with Crippen LogP contribution in [0.25, 0.3) is 22.0 Å². The molecule has 0 radical (unpaired) electrons. The molecule has 7 heteroatoms. The summed E-state index contributed by atoms with van der Waals surface area (Å²) in [6, 6.07) is 1.46. The van der Waals surface area contributed by atoms with Gasteiger partial charge in [-0.1, -0.05) is 0 Å². The van der Waals surface area contributed by atoms with E-state index in [1.165, 1.54) is 23.7 Å². The first-order valence-corrected chi connectivity index (χ1v) is 6.28. The van der Waals surface area contributed by atoms with Crippen molar-refractivity contribution in [1.29, 1.82) is 0 Å². The number of thiazole rings is 1. The van der Waals surface area contributed by atoms with Crippen LogP contribution >= 0.6 is 11.3 Å². The Balaban J connectivity index is 1.94. The summed E-state index contributed by atoms with van der Waals surface area (Å²) >= 11 is 1.46. The van der Waals surface area contributed by atoms with E-state index in [2.05, 4.69) is 10.1 Å². The van der Waals surface area contributed by atoms with E-state index < -0.39 is 5.97 Å². The summed E-state index contributed by atoms with van der Waals surface area (Å²) in [6.45, 7) is 0. The number of carbonyl (C=O) groups is 1. The molecule has 3 heterocycles. The highest BCUT2D eigenvalue weighted by Gasteiger charge is 2.13. The number of furan rings is 1. The number of aryl methyl sites for hydroxylation is 1. The van der Waals surface area contributed by atoms with Crippen LogP contribution in [0.15, 0.2) is 34.5 Å². The van der Waals surface area contributed by atoms with Crippen molar-refractivity contribution in [1.82, 2.24) is 14.8 Å². The molecule has 0 unspecified atom stereocenters. The molecule has 3 aromatic heterocycles. The lowest BCUT2D eigenvalue weighted by Crippen LogP contribution is -1.91. The molecule has 0 amide bonds. The number of carboxylic acid groups (broad SMARTS) is 1. The van der Waals surface area contributed by atoms with Gasteiger partial charge in [0.25, 0.3) is 0 Å². The summed E-state index contributed by atoms with van der Waals surface area (Å²) < 4.78 is 6.91. The molecular weight excluding hydrogens is 266 g/mol. The van der Waals surface area contributed by atoms with Crippen LogP contribution in [0.5, 0.6) is 0 Å². The van der Waals surface area contributed by atoms with Crippen LogP contribution in [-0.2, 0) is 7.05 Å². The average molecular weight is 275 g/mol. The minimum atomic E-state index is -1.02. The Bertz CT molecular complexity index is 741. The zero-order valence-electron chi connectivity index (χ0n) is 9.90. The van der Waals surface area contributed by atoms with Crippen LogP contribution in [0, 0.1) is 0 Å². The number of aromatic nitrogens is 3. The van der Waals surface area contributed by atoms with E-state index in [0.717, 1.165) is 10.6 Å². The smallest absolute Gasteiger partial charge is 0.338 e. The lowest BCUT2D eigenvalue weighted by Gasteiger charge is -1.88. The van der Waals surface area contributed by atoms with Crippen molar-refractivity contribution in [2.45, 2.75) is 0 Å². The molecule has 0 atom stereocenters. The van der Waals surface area contributed by atoms with E-state index >= 15 is 0 Å². The summed E-state index contributed by atoms with van der Waals surface area (Å²) in [5, 5.41) is 15.6. The monoisotopic (exact) mass is 275 g/mol. The summed E-state index contributed by atoms with van der Waals surface area (Å²) in [5.41, 5.74) is 1.66. The number of aromatic carboxylic acids is 1. The third-order valence-corrected chi connectivity index (χ3v) is 3.45.